The number of hydrogen-bond acceptors (Lipinski definition) is 7. The molecule has 4 aromatic rings. The predicted molar refractivity (Wildman–Crippen MR) is 99.9 cm³/mol. The Bertz CT molecular complexity index is 1160. The van der Waals surface area contributed by atoms with Crippen LogP contribution in [-0.4, -0.2) is 15.3 Å². The van der Waals surface area contributed by atoms with Crippen LogP contribution in [-0.2, 0) is 0 Å². The van der Waals surface area contributed by atoms with E-state index < -0.39 is 0 Å². The predicted octanol–water partition coefficient (Wildman–Crippen LogP) is 5.18. The summed E-state index contributed by atoms with van der Waals surface area (Å²) in [6.07, 6.45) is 0. The smallest absolute Gasteiger partial charge is 0.162 e. The Morgan fingerprint density at radius 1 is 0.920 bits per heavy atom. The molecule has 0 N–H and O–H groups in total. The van der Waals surface area contributed by atoms with Gasteiger partial charge >= 0.3 is 0 Å². The van der Waals surface area contributed by atoms with Gasteiger partial charge in [-0.25, -0.2) is 9.61 Å². The van der Waals surface area contributed by atoms with Crippen molar-refractivity contribution in [3.05, 3.63) is 37.3 Å². The van der Waals surface area contributed by atoms with Crippen LogP contribution in [0.1, 0.15) is 25.2 Å². The fourth-order valence-electron chi connectivity index (χ4n) is 3.11. The molecule has 0 amide bonds. The normalized spacial score (nSPS) is 11.2. The molecule has 0 aliphatic rings. The first-order valence-electron chi connectivity index (χ1n) is 7.70. The van der Waals surface area contributed by atoms with Gasteiger partial charge < -0.3 is 0 Å². The minimum Gasteiger partial charge on any atom is -0.243 e. The maximum absolute atomic E-state index is 9.73. The van der Waals surface area contributed by atoms with E-state index in [0.717, 1.165) is 20.9 Å². The number of nitriles is 1. The van der Waals surface area contributed by atoms with Gasteiger partial charge in [0.2, 0.25) is 0 Å². The summed E-state index contributed by atoms with van der Waals surface area (Å²) in [5, 5.41) is 17.9. The van der Waals surface area contributed by atoms with Gasteiger partial charge in [-0.15, -0.1) is 22.7 Å². The second-order valence-electron chi connectivity index (χ2n) is 5.91. The highest BCUT2D eigenvalue weighted by molar-refractivity contribution is 7.12. The summed E-state index contributed by atoms with van der Waals surface area (Å²) < 4.78 is 5.04. The maximum Gasteiger partial charge on any atom is 0.162 e. The Kier molecular flexibility index (Phi) is 3.67. The van der Waals surface area contributed by atoms with Gasteiger partial charge in [-0.05, 0) is 50.1 Å². The monoisotopic (exact) mass is 366 g/mol. The summed E-state index contributed by atoms with van der Waals surface area (Å²) in [6.45, 7) is 8.18. The number of aryl methyl sites for hydroxylation is 4. The highest BCUT2D eigenvalue weighted by atomic mass is 32.1. The molecule has 0 aliphatic heterocycles. The largest absolute Gasteiger partial charge is 0.243 e. The molecule has 0 atom stereocenters. The van der Waals surface area contributed by atoms with Crippen molar-refractivity contribution in [2.45, 2.75) is 27.7 Å². The standard InChI is InChI=1S/C18H14N4OS2/c1-8-5-12(10(3)24-8)15-14(7-19)20-16(18-17(15)21-23-22-18)13-6-9(2)25-11(13)4/h5-6H,1-4H3. The minimum atomic E-state index is 0.349. The van der Waals surface area contributed by atoms with Gasteiger partial charge in [0, 0.05) is 30.6 Å². The van der Waals surface area contributed by atoms with Crippen LogP contribution in [0.3, 0.4) is 0 Å². The van der Waals surface area contributed by atoms with Gasteiger partial charge in [0.25, 0.3) is 0 Å². The first-order chi connectivity index (χ1) is 12.0. The van der Waals surface area contributed by atoms with Crippen LogP contribution < -0.4 is 0 Å². The number of pyridine rings is 1. The van der Waals surface area contributed by atoms with Crippen molar-refractivity contribution in [2.75, 3.05) is 0 Å². The van der Waals surface area contributed by atoms with Crippen molar-refractivity contribution in [3.8, 4) is 28.5 Å². The molecule has 0 spiro atoms. The van der Waals surface area contributed by atoms with Crippen LogP contribution in [0.2, 0.25) is 0 Å². The van der Waals surface area contributed by atoms with Crippen LogP contribution in [0.4, 0.5) is 0 Å². The van der Waals surface area contributed by atoms with Crippen molar-refractivity contribution in [1.82, 2.24) is 15.3 Å². The van der Waals surface area contributed by atoms with Crippen LogP contribution in [0, 0.1) is 39.0 Å². The maximum atomic E-state index is 9.73. The Balaban J connectivity index is 2.10. The van der Waals surface area contributed by atoms with E-state index in [1.54, 1.807) is 22.7 Å². The molecule has 0 saturated heterocycles. The third kappa shape index (κ3) is 2.46. The van der Waals surface area contributed by atoms with E-state index >= 15 is 0 Å². The summed E-state index contributed by atoms with van der Waals surface area (Å²) in [4.78, 5) is 9.27. The highest BCUT2D eigenvalue weighted by Gasteiger charge is 2.24. The van der Waals surface area contributed by atoms with Gasteiger partial charge in [-0.1, -0.05) is 0 Å². The van der Waals surface area contributed by atoms with Gasteiger partial charge in [-0.3, -0.25) is 0 Å². The molecule has 4 aromatic heterocycles. The molecule has 0 radical (unpaired) electrons. The lowest BCUT2D eigenvalue weighted by Gasteiger charge is -2.07. The molecule has 7 heteroatoms. The second kappa shape index (κ2) is 5.76. The quantitative estimate of drug-likeness (QED) is 0.488. The van der Waals surface area contributed by atoms with E-state index in [1.165, 1.54) is 9.75 Å². The molecule has 0 fully saturated rings. The van der Waals surface area contributed by atoms with Crippen molar-refractivity contribution >= 4 is 33.7 Å². The lowest BCUT2D eigenvalue weighted by Crippen LogP contribution is -1.96. The fourth-order valence-corrected chi connectivity index (χ4v) is 4.97. The molecular formula is C18H14N4OS2. The number of nitrogens with zero attached hydrogens (tertiary/aromatic N) is 4. The summed E-state index contributed by atoms with van der Waals surface area (Å²) in [6, 6.07) is 6.36. The van der Waals surface area contributed by atoms with E-state index in [2.05, 4.69) is 40.4 Å². The van der Waals surface area contributed by atoms with E-state index in [1.807, 2.05) is 20.8 Å². The van der Waals surface area contributed by atoms with E-state index in [4.69, 9.17) is 4.63 Å². The molecule has 25 heavy (non-hydrogen) atoms. The SMILES string of the molecule is Cc1cc(-c2nc(C#N)c(-c3cc(C)sc3C)c3nonc23)c(C)s1. The lowest BCUT2D eigenvalue weighted by molar-refractivity contribution is 0.315. The number of fused-ring (bicyclic) bond motifs is 1. The zero-order chi connectivity index (χ0) is 17.7. The first kappa shape index (κ1) is 15.9. The average molecular weight is 366 g/mol. The Hall–Kier alpha value is -2.56. The minimum absolute atomic E-state index is 0.349. The summed E-state index contributed by atoms with van der Waals surface area (Å²) in [5.74, 6) is 0. The van der Waals surface area contributed by atoms with Gasteiger partial charge in [0.1, 0.15) is 17.3 Å². The fraction of sp³-hybridized carbons (Fsp3) is 0.222. The molecule has 124 valence electrons. The third-order valence-corrected chi connectivity index (χ3v) is 6.05. The Morgan fingerprint density at radius 2 is 1.52 bits per heavy atom. The number of rotatable bonds is 2. The van der Waals surface area contributed by atoms with Crippen LogP contribution in [0.15, 0.2) is 16.8 Å². The third-order valence-electron chi connectivity index (χ3n) is 4.12. The molecule has 0 aliphatic carbocycles. The Labute approximate surface area is 152 Å². The zero-order valence-electron chi connectivity index (χ0n) is 14.2. The van der Waals surface area contributed by atoms with Gasteiger partial charge in [0.15, 0.2) is 11.2 Å². The molecule has 0 unspecified atom stereocenters. The molecular weight excluding hydrogens is 352 g/mol. The summed E-state index contributed by atoms with van der Waals surface area (Å²) in [7, 11) is 0. The first-order valence-corrected chi connectivity index (χ1v) is 9.34. The number of aromatic nitrogens is 3. The van der Waals surface area contributed by atoms with Crippen molar-refractivity contribution in [2.24, 2.45) is 0 Å². The van der Waals surface area contributed by atoms with E-state index in [9.17, 15) is 5.26 Å². The molecule has 4 heterocycles. The van der Waals surface area contributed by atoms with Crippen molar-refractivity contribution in [3.63, 3.8) is 0 Å². The van der Waals surface area contributed by atoms with Crippen LogP contribution in [0.25, 0.3) is 33.4 Å². The van der Waals surface area contributed by atoms with Crippen LogP contribution in [0.5, 0.6) is 0 Å². The molecule has 0 aromatic carbocycles. The van der Waals surface area contributed by atoms with Crippen LogP contribution >= 0.6 is 22.7 Å². The number of hydrogen-bond donors (Lipinski definition) is 0. The van der Waals surface area contributed by atoms with Crippen molar-refractivity contribution in [1.29, 1.82) is 5.26 Å². The summed E-state index contributed by atoms with van der Waals surface area (Å²) >= 11 is 3.38. The topological polar surface area (TPSA) is 75.6 Å². The van der Waals surface area contributed by atoms with E-state index in [-0.39, 0.29) is 0 Å². The molecule has 0 saturated carbocycles. The molecule has 4 rings (SSSR count). The Morgan fingerprint density at radius 3 is 2.08 bits per heavy atom. The zero-order valence-corrected chi connectivity index (χ0v) is 15.8. The molecule has 0 bridgehead atoms. The average Bonchev–Trinajstić information content (AvgIpc) is 3.25. The summed E-state index contributed by atoms with van der Waals surface area (Å²) in [5.41, 5.74) is 4.84. The number of thiophene rings is 2. The highest BCUT2D eigenvalue weighted by Crippen LogP contribution is 2.40. The van der Waals surface area contributed by atoms with Crippen molar-refractivity contribution < 1.29 is 4.63 Å². The van der Waals surface area contributed by atoms with Gasteiger partial charge in [-0.2, -0.15) is 5.26 Å². The van der Waals surface area contributed by atoms with E-state index in [0.29, 0.717) is 28.0 Å². The molecule has 5 nitrogen and oxygen atoms in total. The van der Waals surface area contributed by atoms with Gasteiger partial charge in [0.05, 0.1) is 5.56 Å². The second-order valence-corrected chi connectivity index (χ2v) is 8.83. The lowest BCUT2D eigenvalue weighted by atomic mass is 10.0.